The van der Waals surface area contributed by atoms with E-state index in [0.717, 1.165) is 5.56 Å². The van der Waals surface area contributed by atoms with Gasteiger partial charge in [0, 0.05) is 10.6 Å². The zero-order valence-electron chi connectivity index (χ0n) is 15.3. The highest BCUT2D eigenvalue weighted by atomic mass is 35.5. The molecule has 1 amide bonds. The van der Waals surface area contributed by atoms with Crippen molar-refractivity contribution < 1.29 is 19.1 Å². The van der Waals surface area contributed by atoms with Gasteiger partial charge in [0.05, 0.1) is 22.5 Å². The lowest BCUT2D eigenvalue weighted by Gasteiger charge is -2.11. The fraction of sp³-hybridized carbons (Fsp3) is 0.0455. The van der Waals surface area contributed by atoms with Crippen molar-refractivity contribution >= 4 is 41.0 Å². The molecule has 6 nitrogen and oxygen atoms in total. The van der Waals surface area contributed by atoms with Gasteiger partial charge in [-0.1, -0.05) is 23.7 Å². The van der Waals surface area contributed by atoms with E-state index < -0.39 is 5.97 Å². The number of amides is 1. The van der Waals surface area contributed by atoms with Crippen LogP contribution in [0.2, 0.25) is 5.02 Å². The van der Waals surface area contributed by atoms with Crippen molar-refractivity contribution in [3.63, 3.8) is 0 Å². The van der Waals surface area contributed by atoms with Crippen LogP contribution in [0.25, 0.3) is 17.4 Å². The molecule has 0 atom stereocenters. The molecule has 1 aromatic heterocycles. The van der Waals surface area contributed by atoms with Gasteiger partial charge < -0.3 is 9.52 Å². The van der Waals surface area contributed by atoms with E-state index in [9.17, 15) is 9.59 Å². The van der Waals surface area contributed by atoms with Crippen LogP contribution in [0.4, 0.5) is 5.69 Å². The molecule has 0 fully saturated rings. The second-order valence-electron chi connectivity index (χ2n) is 6.42. The summed E-state index contributed by atoms with van der Waals surface area (Å²) in [4.78, 5) is 23.8. The molecule has 1 N–H and O–H groups in total. The average Bonchev–Trinajstić information content (AvgIpc) is 3.28. The number of hydrogen-bond donors (Lipinski definition) is 1. The number of carbonyl (C=O) groups excluding carboxylic acids is 1. The van der Waals surface area contributed by atoms with Crippen LogP contribution < -0.4 is 5.01 Å². The van der Waals surface area contributed by atoms with Gasteiger partial charge in [-0.3, -0.25) is 4.79 Å². The van der Waals surface area contributed by atoms with E-state index >= 15 is 0 Å². The third-order valence-electron chi connectivity index (χ3n) is 4.44. The molecule has 1 aliphatic rings. The second-order valence-corrected chi connectivity index (χ2v) is 6.86. The Morgan fingerprint density at radius 1 is 1.14 bits per heavy atom. The van der Waals surface area contributed by atoms with Crippen LogP contribution in [0.3, 0.4) is 0 Å². The van der Waals surface area contributed by atoms with Crippen LogP contribution in [-0.2, 0) is 4.79 Å². The Morgan fingerprint density at radius 2 is 1.90 bits per heavy atom. The largest absolute Gasteiger partial charge is 0.478 e. The van der Waals surface area contributed by atoms with Gasteiger partial charge in [0.1, 0.15) is 11.5 Å². The van der Waals surface area contributed by atoms with Crippen LogP contribution in [0.1, 0.15) is 23.0 Å². The fourth-order valence-corrected chi connectivity index (χ4v) is 3.16. The molecule has 1 aliphatic heterocycles. The number of carboxylic acid groups (broad SMARTS) is 1. The first-order chi connectivity index (χ1) is 13.9. The summed E-state index contributed by atoms with van der Waals surface area (Å²) in [6.45, 7) is 1.73. The molecule has 2 aromatic carbocycles. The molecule has 3 aromatic rings. The molecule has 0 unspecified atom stereocenters. The number of rotatable bonds is 4. The van der Waals surface area contributed by atoms with E-state index in [2.05, 4.69) is 5.10 Å². The zero-order valence-corrected chi connectivity index (χ0v) is 16.1. The Labute approximate surface area is 171 Å². The summed E-state index contributed by atoms with van der Waals surface area (Å²) in [7, 11) is 0. The van der Waals surface area contributed by atoms with E-state index in [1.807, 2.05) is 18.2 Å². The van der Waals surface area contributed by atoms with E-state index in [-0.39, 0.29) is 11.5 Å². The smallest absolute Gasteiger partial charge is 0.335 e. The van der Waals surface area contributed by atoms with Crippen LogP contribution >= 0.6 is 11.6 Å². The first-order valence-electron chi connectivity index (χ1n) is 8.73. The summed E-state index contributed by atoms with van der Waals surface area (Å²) >= 11 is 6.03. The van der Waals surface area contributed by atoms with Crippen molar-refractivity contribution in [2.75, 3.05) is 5.01 Å². The van der Waals surface area contributed by atoms with Gasteiger partial charge in [-0.15, -0.1) is 0 Å². The van der Waals surface area contributed by atoms with Crippen molar-refractivity contribution in [2.24, 2.45) is 5.10 Å². The monoisotopic (exact) mass is 406 g/mol. The number of carbonyl (C=O) groups is 2. The average molecular weight is 407 g/mol. The topological polar surface area (TPSA) is 83.1 Å². The third kappa shape index (κ3) is 3.70. The quantitative estimate of drug-likeness (QED) is 0.610. The van der Waals surface area contributed by atoms with Gasteiger partial charge in [0.15, 0.2) is 0 Å². The highest BCUT2D eigenvalue weighted by molar-refractivity contribution is 6.32. The van der Waals surface area contributed by atoms with Crippen molar-refractivity contribution in [2.45, 2.75) is 6.92 Å². The lowest BCUT2D eigenvalue weighted by atomic mass is 10.1. The van der Waals surface area contributed by atoms with Gasteiger partial charge in [-0.2, -0.15) is 10.1 Å². The highest BCUT2D eigenvalue weighted by Gasteiger charge is 2.29. The number of furan rings is 1. The van der Waals surface area contributed by atoms with Crippen LogP contribution in [0, 0.1) is 0 Å². The normalized spacial score (nSPS) is 15.1. The summed E-state index contributed by atoms with van der Waals surface area (Å²) in [5.74, 6) is -0.189. The maximum Gasteiger partial charge on any atom is 0.335 e. The van der Waals surface area contributed by atoms with Crippen molar-refractivity contribution in [3.8, 4) is 11.3 Å². The van der Waals surface area contributed by atoms with Crippen LogP contribution in [0.15, 0.2) is 75.8 Å². The van der Waals surface area contributed by atoms with Crippen molar-refractivity contribution in [1.29, 1.82) is 0 Å². The first kappa shape index (κ1) is 18.7. The summed E-state index contributed by atoms with van der Waals surface area (Å²) in [6.07, 6.45) is 1.64. The molecule has 7 heteroatoms. The van der Waals surface area contributed by atoms with Gasteiger partial charge >= 0.3 is 5.97 Å². The van der Waals surface area contributed by atoms with Crippen LogP contribution in [0.5, 0.6) is 0 Å². The number of nitrogens with zero attached hydrogens (tertiary/aromatic N) is 2. The summed E-state index contributed by atoms with van der Waals surface area (Å²) < 4.78 is 5.84. The first-order valence-corrected chi connectivity index (χ1v) is 9.11. The third-order valence-corrected chi connectivity index (χ3v) is 4.68. The Balaban J connectivity index is 1.60. The molecule has 4 rings (SSSR count). The molecule has 0 bridgehead atoms. The molecule has 0 radical (unpaired) electrons. The molecule has 0 spiro atoms. The molecule has 0 aliphatic carbocycles. The van der Waals surface area contributed by atoms with Gasteiger partial charge in [-0.05, 0) is 61.5 Å². The zero-order chi connectivity index (χ0) is 20.5. The Bertz CT molecular complexity index is 1180. The maximum atomic E-state index is 12.8. The van der Waals surface area contributed by atoms with Crippen molar-refractivity contribution in [1.82, 2.24) is 0 Å². The minimum atomic E-state index is -1.03. The highest BCUT2D eigenvalue weighted by Crippen LogP contribution is 2.28. The summed E-state index contributed by atoms with van der Waals surface area (Å²) in [5.41, 5.74) is 2.41. The molecule has 0 saturated carbocycles. The van der Waals surface area contributed by atoms with Crippen molar-refractivity contribution in [3.05, 3.63) is 82.6 Å². The predicted octanol–water partition coefficient (Wildman–Crippen LogP) is 5.10. The number of hydrogen-bond acceptors (Lipinski definition) is 4. The van der Waals surface area contributed by atoms with E-state index in [0.29, 0.717) is 33.5 Å². The van der Waals surface area contributed by atoms with E-state index in [1.54, 1.807) is 43.3 Å². The van der Waals surface area contributed by atoms with Gasteiger partial charge in [-0.25, -0.2) is 4.79 Å². The van der Waals surface area contributed by atoms with Gasteiger partial charge in [0.25, 0.3) is 5.91 Å². The molecular weight excluding hydrogens is 392 g/mol. The predicted molar refractivity (Wildman–Crippen MR) is 111 cm³/mol. The number of anilines is 1. The Kier molecular flexibility index (Phi) is 4.78. The number of hydrazone groups is 1. The number of carboxylic acids is 1. The molecule has 144 valence electrons. The van der Waals surface area contributed by atoms with E-state index in [4.69, 9.17) is 21.1 Å². The standard InChI is InChI=1S/C22H15ClN2O4/c1-13-19(12-18-9-10-20(29-18)15-3-2-4-16(23)11-15)21(26)25(24-13)17-7-5-14(6-8-17)22(27)28/h2-12H,1H3,(H,27,28)/b19-12-. The fourth-order valence-electron chi connectivity index (χ4n) is 2.97. The molecular formula is C22H15ClN2O4. The SMILES string of the molecule is CC1=NN(c2ccc(C(=O)O)cc2)C(=O)/C1=C\c1ccc(-c2cccc(Cl)c2)o1. The van der Waals surface area contributed by atoms with E-state index in [1.165, 1.54) is 17.1 Å². The van der Waals surface area contributed by atoms with Crippen LogP contribution in [-0.4, -0.2) is 22.7 Å². The minimum absolute atomic E-state index is 0.140. The maximum absolute atomic E-state index is 12.8. The molecule has 29 heavy (non-hydrogen) atoms. The molecule has 0 saturated heterocycles. The number of halogens is 1. The number of benzene rings is 2. The summed E-state index contributed by atoms with van der Waals surface area (Å²) in [6, 6.07) is 16.8. The minimum Gasteiger partial charge on any atom is -0.478 e. The number of aromatic carboxylic acids is 1. The lowest BCUT2D eigenvalue weighted by molar-refractivity contribution is -0.114. The van der Waals surface area contributed by atoms with Gasteiger partial charge in [0.2, 0.25) is 0 Å². The summed E-state index contributed by atoms with van der Waals surface area (Å²) in [5, 5.41) is 15.2. The Morgan fingerprint density at radius 3 is 2.59 bits per heavy atom. The second kappa shape index (κ2) is 7.41. The Hall–Kier alpha value is -3.64. The molecule has 2 heterocycles. The lowest BCUT2D eigenvalue weighted by Crippen LogP contribution is -2.21.